The second-order valence-electron chi connectivity index (χ2n) is 4.04. The van der Waals surface area contributed by atoms with Gasteiger partial charge in [0.1, 0.15) is 6.04 Å². The lowest BCUT2D eigenvalue weighted by atomic mass is 9.89. The van der Waals surface area contributed by atoms with Crippen molar-refractivity contribution in [2.24, 2.45) is 5.73 Å². The smallest absolute Gasteiger partial charge is 0.335 e. The SMILES string of the molecule is CN1C(=O)C(N)C1c1ccc(C(F)(F)F)cc1. The van der Waals surface area contributed by atoms with Crippen LogP contribution >= 0.6 is 0 Å². The summed E-state index contributed by atoms with van der Waals surface area (Å²) in [7, 11) is 1.58. The number of amides is 1. The zero-order valence-electron chi connectivity index (χ0n) is 9.03. The fraction of sp³-hybridized carbons (Fsp3) is 0.364. The second-order valence-corrected chi connectivity index (χ2v) is 4.04. The number of benzene rings is 1. The number of halogens is 3. The van der Waals surface area contributed by atoms with Gasteiger partial charge in [-0.25, -0.2) is 0 Å². The van der Waals surface area contributed by atoms with E-state index in [1.165, 1.54) is 17.0 Å². The molecule has 0 aromatic heterocycles. The van der Waals surface area contributed by atoms with E-state index in [1.807, 2.05) is 0 Å². The Kier molecular flexibility index (Phi) is 2.61. The van der Waals surface area contributed by atoms with Gasteiger partial charge in [0.25, 0.3) is 0 Å². The molecular weight excluding hydrogens is 233 g/mol. The number of alkyl halides is 3. The van der Waals surface area contributed by atoms with E-state index in [0.717, 1.165) is 12.1 Å². The highest BCUT2D eigenvalue weighted by molar-refractivity contribution is 5.89. The lowest BCUT2D eigenvalue weighted by Crippen LogP contribution is -2.61. The van der Waals surface area contributed by atoms with E-state index >= 15 is 0 Å². The highest BCUT2D eigenvalue weighted by Gasteiger charge is 2.43. The van der Waals surface area contributed by atoms with Crippen LogP contribution in [0.1, 0.15) is 17.2 Å². The number of likely N-dealkylation sites (tertiary alicyclic amines) is 1. The summed E-state index contributed by atoms with van der Waals surface area (Å²) in [6.45, 7) is 0. The Morgan fingerprint density at radius 3 is 2.18 bits per heavy atom. The number of likely N-dealkylation sites (N-methyl/N-ethyl adjacent to an activating group) is 1. The maximum absolute atomic E-state index is 12.3. The predicted octanol–water partition coefficient (Wildman–Crippen LogP) is 1.55. The predicted molar refractivity (Wildman–Crippen MR) is 54.9 cm³/mol. The summed E-state index contributed by atoms with van der Waals surface area (Å²) in [6.07, 6.45) is -4.35. The normalized spacial score (nSPS) is 24.8. The second kappa shape index (κ2) is 3.73. The van der Waals surface area contributed by atoms with E-state index in [1.54, 1.807) is 7.05 Å². The van der Waals surface area contributed by atoms with Crippen LogP contribution in [0.2, 0.25) is 0 Å². The van der Waals surface area contributed by atoms with Gasteiger partial charge in [-0.3, -0.25) is 4.79 Å². The molecular formula is C11H11F3N2O. The van der Waals surface area contributed by atoms with Gasteiger partial charge in [0.15, 0.2) is 0 Å². The van der Waals surface area contributed by atoms with Crippen LogP contribution in [0.4, 0.5) is 13.2 Å². The zero-order valence-corrected chi connectivity index (χ0v) is 9.03. The van der Waals surface area contributed by atoms with E-state index in [9.17, 15) is 18.0 Å². The van der Waals surface area contributed by atoms with Crippen LogP contribution in [-0.4, -0.2) is 23.9 Å². The molecule has 1 amide bonds. The molecule has 3 nitrogen and oxygen atoms in total. The minimum atomic E-state index is -4.35. The lowest BCUT2D eigenvalue weighted by Gasteiger charge is -2.43. The van der Waals surface area contributed by atoms with Gasteiger partial charge in [0.2, 0.25) is 5.91 Å². The van der Waals surface area contributed by atoms with Gasteiger partial charge in [0.05, 0.1) is 11.6 Å². The van der Waals surface area contributed by atoms with Crippen molar-refractivity contribution in [3.8, 4) is 0 Å². The molecule has 2 atom stereocenters. The summed E-state index contributed by atoms with van der Waals surface area (Å²) in [5.41, 5.74) is 5.51. The van der Waals surface area contributed by atoms with Crippen molar-refractivity contribution in [1.29, 1.82) is 0 Å². The molecule has 2 N–H and O–H groups in total. The molecule has 2 rings (SSSR count). The van der Waals surface area contributed by atoms with Crippen LogP contribution in [0.3, 0.4) is 0 Å². The number of β-lactam (4-membered cyclic amide) rings is 1. The van der Waals surface area contributed by atoms with E-state index in [2.05, 4.69) is 0 Å². The van der Waals surface area contributed by atoms with Crippen LogP contribution in [0.15, 0.2) is 24.3 Å². The highest BCUT2D eigenvalue weighted by Crippen LogP contribution is 2.34. The summed E-state index contributed by atoms with van der Waals surface area (Å²) >= 11 is 0. The topological polar surface area (TPSA) is 46.3 Å². The highest BCUT2D eigenvalue weighted by atomic mass is 19.4. The molecule has 1 aliphatic heterocycles. The van der Waals surface area contributed by atoms with Crippen molar-refractivity contribution >= 4 is 5.91 Å². The molecule has 0 spiro atoms. The molecule has 1 aromatic rings. The first kappa shape index (κ1) is 11.9. The van der Waals surface area contributed by atoms with Gasteiger partial charge in [0, 0.05) is 7.05 Å². The summed E-state index contributed by atoms with van der Waals surface area (Å²) in [4.78, 5) is 12.6. The fourth-order valence-electron chi connectivity index (χ4n) is 1.97. The standard InChI is InChI=1S/C11H11F3N2O/c1-16-9(8(15)10(16)17)6-2-4-7(5-3-6)11(12,13)14/h2-5,8-9H,15H2,1H3. The molecule has 1 saturated heterocycles. The molecule has 0 aliphatic carbocycles. The Balaban J connectivity index is 2.22. The molecule has 2 unspecified atom stereocenters. The lowest BCUT2D eigenvalue weighted by molar-refractivity contribution is -0.147. The van der Waals surface area contributed by atoms with Crippen LogP contribution in [0, 0.1) is 0 Å². The van der Waals surface area contributed by atoms with Gasteiger partial charge in [-0.2, -0.15) is 13.2 Å². The molecule has 17 heavy (non-hydrogen) atoms. The maximum atomic E-state index is 12.3. The van der Waals surface area contributed by atoms with Crippen molar-refractivity contribution in [1.82, 2.24) is 4.90 Å². The Morgan fingerprint density at radius 1 is 1.24 bits per heavy atom. The van der Waals surface area contributed by atoms with E-state index in [0.29, 0.717) is 5.56 Å². The number of nitrogens with zero attached hydrogens (tertiary/aromatic N) is 1. The van der Waals surface area contributed by atoms with E-state index < -0.39 is 17.8 Å². The summed E-state index contributed by atoms with van der Waals surface area (Å²) in [5, 5.41) is 0. The molecule has 1 aromatic carbocycles. The summed E-state index contributed by atoms with van der Waals surface area (Å²) < 4.78 is 37.0. The van der Waals surface area contributed by atoms with Gasteiger partial charge < -0.3 is 10.6 Å². The van der Waals surface area contributed by atoms with E-state index in [-0.39, 0.29) is 11.9 Å². The molecule has 0 bridgehead atoms. The van der Waals surface area contributed by atoms with Crippen LogP contribution in [0.5, 0.6) is 0 Å². The minimum Gasteiger partial charge on any atom is -0.335 e. The zero-order chi connectivity index (χ0) is 12.8. The molecule has 0 saturated carbocycles. The first-order chi connectivity index (χ1) is 7.82. The number of nitrogens with two attached hydrogens (primary N) is 1. The number of carbonyl (C=O) groups excluding carboxylic acids is 1. The number of hydrogen-bond acceptors (Lipinski definition) is 2. The average Bonchev–Trinajstić information content (AvgIpc) is 2.28. The van der Waals surface area contributed by atoms with Crippen LogP contribution in [-0.2, 0) is 11.0 Å². The molecule has 1 fully saturated rings. The van der Waals surface area contributed by atoms with Crippen molar-refractivity contribution in [3.05, 3.63) is 35.4 Å². The van der Waals surface area contributed by atoms with Crippen LogP contribution < -0.4 is 5.73 Å². The first-order valence-electron chi connectivity index (χ1n) is 5.02. The van der Waals surface area contributed by atoms with E-state index in [4.69, 9.17) is 5.73 Å². The summed E-state index contributed by atoms with van der Waals surface area (Å²) in [5.74, 6) is -0.199. The quantitative estimate of drug-likeness (QED) is 0.762. The fourth-order valence-corrected chi connectivity index (χ4v) is 1.97. The Morgan fingerprint density at radius 2 is 1.76 bits per heavy atom. The number of carbonyl (C=O) groups is 1. The molecule has 1 aliphatic rings. The third kappa shape index (κ3) is 1.88. The van der Waals surface area contributed by atoms with Gasteiger partial charge in [-0.1, -0.05) is 12.1 Å². The largest absolute Gasteiger partial charge is 0.416 e. The van der Waals surface area contributed by atoms with Gasteiger partial charge in [-0.15, -0.1) is 0 Å². The van der Waals surface area contributed by atoms with Gasteiger partial charge >= 0.3 is 6.18 Å². The third-order valence-electron chi connectivity index (χ3n) is 2.97. The van der Waals surface area contributed by atoms with Crippen LogP contribution in [0.25, 0.3) is 0 Å². The minimum absolute atomic E-state index is 0.199. The molecule has 0 radical (unpaired) electrons. The average molecular weight is 244 g/mol. The van der Waals surface area contributed by atoms with Crippen molar-refractivity contribution in [2.45, 2.75) is 18.3 Å². The number of hydrogen-bond donors (Lipinski definition) is 1. The third-order valence-corrected chi connectivity index (χ3v) is 2.97. The first-order valence-corrected chi connectivity index (χ1v) is 5.02. The van der Waals surface area contributed by atoms with Crippen molar-refractivity contribution in [2.75, 3.05) is 7.05 Å². The molecule has 6 heteroatoms. The van der Waals surface area contributed by atoms with Gasteiger partial charge in [-0.05, 0) is 17.7 Å². The Hall–Kier alpha value is -1.56. The Labute approximate surface area is 96.0 Å². The summed E-state index contributed by atoms with van der Waals surface area (Å²) in [6, 6.07) is 3.73. The number of rotatable bonds is 1. The molecule has 1 heterocycles. The van der Waals surface area contributed by atoms with Crippen molar-refractivity contribution < 1.29 is 18.0 Å². The Bertz CT molecular complexity index is 429. The monoisotopic (exact) mass is 244 g/mol. The molecule has 92 valence electrons. The van der Waals surface area contributed by atoms with Crippen molar-refractivity contribution in [3.63, 3.8) is 0 Å². The maximum Gasteiger partial charge on any atom is 0.416 e.